The van der Waals surface area contributed by atoms with Crippen LogP contribution < -0.4 is 15.2 Å². The summed E-state index contributed by atoms with van der Waals surface area (Å²) in [5.74, 6) is 1.53. The van der Waals surface area contributed by atoms with E-state index in [9.17, 15) is 0 Å². The number of hydrogen-bond acceptors (Lipinski definition) is 4. The van der Waals surface area contributed by atoms with Gasteiger partial charge < -0.3 is 15.2 Å². The van der Waals surface area contributed by atoms with E-state index < -0.39 is 5.54 Å². The molecule has 0 fully saturated rings. The maximum atomic E-state index is 6.55. The van der Waals surface area contributed by atoms with Crippen molar-refractivity contribution in [2.75, 3.05) is 33.9 Å². The lowest BCUT2D eigenvalue weighted by molar-refractivity contribution is 0.253. The fraction of sp³-hybridized carbons (Fsp3) is 0.412. The minimum absolute atomic E-state index is 0.577. The predicted octanol–water partition coefficient (Wildman–Crippen LogP) is 2.55. The number of rotatable bonds is 9. The van der Waals surface area contributed by atoms with Gasteiger partial charge in [0.05, 0.1) is 19.8 Å². The molecule has 1 aromatic rings. The third-order valence-electron chi connectivity index (χ3n) is 3.35. The Bertz CT molecular complexity index is 474. The van der Waals surface area contributed by atoms with Crippen molar-refractivity contribution in [3.63, 3.8) is 0 Å². The highest BCUT2D eigenvalue weighted by atomic mass is 16.5. The lowest BCUT2D eigenvalue weighted by Crippen LogP contribution is -2.45. The van der Waals surface area contributed by atoms with Crippen molar-refractivity contribution in [1.82, 2.24) is 4.90 Å². The Morgan fingerprint density at radius 3 is 2.29 bits per heavy atom. The zero-order valence-corrected chi connectivity index (χ0v) is 13.3. The van der Waals surface area contributed by atoms with Crippen LogP contribution in [0.15, 0.2) is 43.5 Å². The molecule has 0 saturated carbocycles. The van der Waals surface area contributed by atoms with E-state index in [4.69, 9.17) is 15.2 Å². The van der Waals surface area contributed by atoms with Crippen LogP contribution in [0, 0.1) is 0 Å². The van der Waals surface area contributed by atoms with E-state index in [0.29, 0.717) is 6.54 Å². The van der Waals surface area contributed by atoms with Crippen LogP contribution in [-0.4, -0.2) is 38.8 Å². The molecule has 0 aliphatic heterocycles. The van der Waals surface area contributed by atoms with E-state index in [0.717, 1.165) is 30.2 Å². The number of benzene rings is 1. The van der Waals surface area contributed by atoms with Crippen molar-refractivity contribution in [2.24, 2.45) is 5.73 Å². The van der Waals surface area contributed by atoms with Crippen molar-refractivity contribution >= 4 is 0 Å². The molecule has 21 heavy (non-hydrogen) atoms. The van der Waals surface area contributed by atoms with Gasteiger partial charge in [0.1, 0.15) is 11.5 Å². The molecule has 1 atom stereocenters. The average molecular weight is 290 g/mol. The van der Waals surface area contributed by atoms with Crippen LogP contribution in [0.5, 0.6) is 11.5 Å². The Hall–Kier alpha value is -1.78. The summed E-state index contributed by atoms with van der Waals surface area (Å²) in [5.41, 5.74) is 6.90. The summed E-state index contributed by atoms with van der Waals surface area (Å²) in [5, 5.41) is 0. The molecule has 0 bridgehead atoms. The van der Waals surface area contributed by atoms with Gasteiger partial charge in [-0.1, -0.05) is 12.2 Å². The quantitative estimate of drug-likeness (QED) is 0.710. The predicted molar refractivity (Wildman–Crippen MR) is 87.9 cm³/mol. The van der Waals surface area contributed by atoms with E-state index >= 15 is 0 Å². The molecule has 0 radical (unpaired) electrons. The molecule has 1 aromatic carbocycles. The zero-order valence-electron chi connectivity index (χ0n) is 13.3. The van der Waals surface area contributed by atoms with Crippen LogP contribution in [0.1, 0.15) is 12.5 Å². The smallest absolute Gasteiger partial charge is 0.124 e. The summed E-state index contributed by atoms with van der Waals surface area (Å²) in [6.07, 6.45) is 3.73. The van der Waals surface area contributed by atoms with Gasteiger partial charge in [-0.3, -0.25) is 4.90 Å². The van der Waals surface area contributed by atoms with Crippen molar-refractivity contribution in [1.29, 1.82) is 0 Å². The summed E-state index contributed by atoms with van der Waals surface area (Å²) in [4.78, 5) is 2.18. The molecule has 0 aromatic heterocycles. The molecule has 0 aliphatic rings. The van der Waals surface area contributed by atoms with Gasteiger partial charge in [0.15, 0.2) is 0 Å². The van der Waals surface area contributed by atoms with Crippen molar-refractivity contribution in [3.8, 4) is 11.5 Å². The number of hydrogen-bond donors (Lipinski definition) is 1. The second-order valence-corrected chi connectivity index (χ2v) is 5.26. The van der Waals surface area contributed by atoms with Gasteiger partial charge in [0.2, 0.25) is 0 Å². The monoisotopic (exact) mass is 290 g/mol. The van der Waals surface area contributed by atoms with Gasteiger partial charge in [-0.15, -0.1) is 13.2 Å². The van der Waals surface area contributed by atoms with Gasteiger partial charge in [-0.2, -0.15) is 0 Å². The van der Waals surface area contributed by atoms with E-state index in [-0.39, 0.29) is 0 Å². The Morgan fingerprint density at radius 2 is 1.81 bits per heavy atom. The van der Waals surface area contributed by atoms with Crippen LogP contribution in [0.3, 0.4) is 0 Å². The van der Waals surface area contributed by atoms with Crippen LogP contribution in [-0.2, 0) is 5.54 Å². The van der Waals surface area contributed by atoms with Gasteiger partial charge in [0.25, 0.3) is 0 Å². The summed E-state index contributed by atoms with van der Waals surface area (Å²) in [6.45, 7) is 11.7. The number of nitrogens with two attached hydrogens (primary N) is 1. The first kappa shape index (κ1) is 17.3. The van der Waals surface area contributed by atoms with Crippen LogP contribution in [0.2, 0.25) is 0 Å². The molecular weight excluding hydrogens is 264 g/mol. The molecule has 0 amide bonds. The topological polar surface area (TPSA) is 47.7 Å². The largest absolute Gasteiger partial charge is 0.497 e. The maximum Gasteiger partial charge on any atom is 0.124 e. The lowest BCUT2D eigenvalue weighted by Gasteiger charge is -2.33. The third kappa shape index (κ3) is 4.62. The molecule has 0 spiro atoms. The molecule has 0 aliphatic carbocycles. The Morgan fingerprint density at radius 1 is 1.19 bits per heavy atom. The van der Waals surface area contributed by atoms with Crippen LogP contribution in [0.4, 0.5) is 0 Å². The van der Waals surface area contributed by atoms with E-state index in [2.05, 4.69) is 18.1 Å². The maximum absolute atomic E-state index is 6.55. The Labute approximate surface area is 127 Å². The van der Waals surface area contributed by atoms with Gasteiger partial charge in [0, 0.05) is 25.2 Å². The average Bonchev–Trinajstić information content (AvgIpc) is 2.46. The zero-order chi connectivity index (χ0) is 15.9. The molecule has 4 nitrogen and oxygen atoms in total. The molecule has 0 heterocycles. The van der Waals surface area contributed by atoms with E-state index in [1.807, 2.05) is 37.3 Å². The number of methoxy groups -OCH3 is 2. The molecule has 4 heteroatoms. The van der Waals surface area contributed by atoms with E-state index in [1.165, 1.54) is 0 Å². The first-order chi connectivity index (χ1) is 9.98. The highest BCUT2D eigenvalue weighted by Crippen LogP contribution is 2.32. The Balaban J connectivity index is 3.09. The van der Waals surface area contributed by atoms with E-state index in [1.54, 1.807) is 14.2 Å². The first-order valence-corrected chi connectivity index (χ1v) is 6.94. The minimum atomic E-state index is -0.577. The highest BCUT2D eigenvalue weighted by Gasteiger charge is 2.27. The molecule has 1 unspecified atom stereocenters. The van der Waals surface area contributed by atoms with Crippen molar-refractivity contribution in [2.45, 2.75) is 12.5 Å². The van der Waals surface area contributed by atoms with Crippen molar-refractivity contribution < 1.29 is 9.47 Å². The fourth-order valence-corrected chi connectivity index (χ4v) is 2.38. The standard InChI is InChI=1S/C17H26N2O2/c1-6-10-19(11-7-2)13-17(3,18)15-12-14(20-4)8-9-16(15)21-5/h6-9,12H,1-2,10-11,13,18H2,3-5H3. The number of nitrogens with zero attached hydrogens (tertiary/aromatic N) is 1. The summed E-state index contributed by atoms with van der Waals surface area (Å²) in [7, 11) is 3.29. The fourth-order valence-electron chi connectivity index (χ4n) is 2.38. The van der Waals surface area contributed by atoms with Gasteiger partial charge in [-0.05, 0) is 25.1 Å². The van der Waals surface area contributed by atoms with Gasteiger partial charge in [-0.25, -0.2) is 0 Å². The molecule has 1 rings (SSSR count). The SMILES string of the molecule is C=CCN(CC=C)CC(C)(N)c1cc(OC)ccc1OC. The highest BCUT2D eigenvalue weighted by molar-refractivity contribution is 5.44. The second kappa shape index (κ2) is 7.86. The molecule has 116 valence electrons. The molecule has 2 N–H and O–H groups in total. The lowest BCUT2D eigenvalue weighted by atomic mass is 9.91. The summed E-state index contributed by atoms with van der Waals surface area (Å²) >= 11 is 0. The third-order valence-corrected chi connectivity index (χ3v) is 3.35. The minimum Gasteiger partial charge on any atom is -0.497 e. The summed E-state index contributed by atoms with van der Waals surface area (Å²) in [6, 6.07) is 5.67. The van der Waals surface area contributed by atoms with Gasteiger partial charge >= 0.3 is 0 Å². The van der Waals surface area contributed by atoms with Crippen molar-refractivity contribution in [3.05, 3.63) is 49.1 Å². The second-order valence-electron chi connectivity index (χ2n) is 5.26. The summed E-state index contributed by atoms with van der Waals surface area (Å²) < 4.78 is 10.7. The van der Waals surface area contributed by atoms with Crippen LogP contribution in [0.25, 0.3) is 0 Å². The molecule has 0 saturated heterocycles. The van der Waals surface area contributed by atoms with Crippen LogP contribution >= 0.6 is 0 Å². The number of ether oxygens (including phenoxy) is 2. The normalized spacial score (nSPS) is 13.6. The molecular formula is C17H26N2O2. The first-order valence-electron chi connectivity index (χ1n) is 6.94. The Kier molecular flexibility index (Phi) is 6.46.